The van der Waals surface area contributed by atoms with E-state index in [4.69, 9.17) is 37.8 Å². The van der Waals surface area contributed by atoms with Gasteiger partial charge in [-0.3, -0.25) is 0 Å². The Kier molecular flexibility index (Phi) is 18.3. The molecule has 10 aromatic rings. The average molecular weight is 1200 g/mol. The first-order valence-corrected chi connectivity index (χ1v) is 28.8. The Morgan fingerprint density at radius 2 is 0.602 bits per heavy atom. The third kappa shape index (κ3) is 12.8. The van der Waals surface area contributed by atoms with Gasteiger partial charge in [-0.1, -0.05) is 149 Å². The van der Waals surface area contributed by atoms with E-state index < -0.39 is 20.0 Å². The van der Waals surface area contributed by atoms with Gasteiger partial charge in [-0.25, -0.2) is 0 Å². The van der Waals surface area contributed by atoms with Crippen molar-refractivity contribution in [2.45, 2.75) is 124 Å². The van der Waals surface area contributed by atoms with E-state index in [1.165, 1.54) is 71.6 Å². The van der Waals surface area contributed by atoms with Crippen molar-refractivity contribution in [2.75, 3.05) is 0 Å². The molecule has 0 saturated carbocycles. The Morgan fingerprint density at radius 1 is 0.373 bits per heavy atom. The average Bonchev–Trinajstić information content (AvgIpc) is 3.41. The van der Waals surface area contributed by atoms with Gasteiger partial charge in [0, 0.05) is 43.4 Å². The van der Waals surface area contributed by atoms with E-state index in [2.05, 4.69) is 247 Å². The molecule has 15 heteroatoms. The molecule has 0 aliphatic carbocycles. The maximum absolute atomic E-state index is 8.89. The Bertz CT molecular complexity index is 3720. The predicted molar refractivity (Wildman–Crippen MR) is 339 cm³/mol. The number of fused-ring (bicyclic) bond motifs is 6. The molecule has 10 nitrogen and oxygen atoms in total. The number of aliphatic carboxylic acids is 1. The van der Waals surface area contributed by atoms with E-state index in [-0.39, 0.29) is 92.1 Å². The molecule has 83 heavy (non-hydrogen) atoms. The second-order valence-corrected chi connectivity index (χ2v) is 25.2. The third-order valence-corrected chi connectivity index (χ3v) is 17.7. The summed E-state index contributed by atoms with van der Waals surface area (Å²) in [5.41, 5.74) is 11.0. The van der Waals surface area contributed by atoms with Crippen molar-refractivity contribution in [1.82, 2.24) is 9.13 Å². The van der Waals surface area contributed by atoms with Crippen molar-refractivity contribution in [1.29, 1.82) is 0 Å². The predicted octanol–water partition coefficient (Wildman–Crippen LogP) is 12.0. The summed E-state index contributed by atoms with van der Waals surface area (Å²) in [6.45, 7) is 25.5. The van der Waals surface area contributed by atoms with Gasteiger partial charge >= 0.3 is 72.5 Å². The Balaban J connectivity index is 0.000000150. The molecule has 3 aliphatic heterocycles. The number of hydrogen-bond acceptors (Lipinski definition) is 8. The number of para-hydroxylation sites is 4. The second kappa shape index (κ2) is 24.3. The molecular formula is C68H71B3BrKN2O8. The molecule has 0 radical (unpaired) electrons. The summed E-state index contributed by atoms with van der Waals surface area (Å²) < 4.78 is 42.0. The van der Waals surface area contributed by atoms with Crippen molar-refractivity contribution >= 4 is 92.1 Å². The van der Waals surface area contributed by atoms with Gasteiger partial charge < -0.3 is 47.0 Å². The van der Waals surface area contributed by atoms with Crippen LogP contribution in [0.15, 0.2) is 199 Å². The first-order chi connectivity index (χ1) is 38.8. The van der Waals surface area contributed by atoms with Crippen LogP contribution in [-0.4, -0.2) is 69.8 Å². The van der Waals surface area contributed by atoms with Crippen molar-refractivity contribution in [2.24, 2.45) is 0 Å². The third-order valence-electron chi connectivity index (χ3n) is 17.1. The second-order valence-electron chi connectivity index (χ2n) is 24.3. The van der Waals surface area contributed by atoms with E-state index in [0.29, 0.717) is 0 Å². The number of nitrogens with zero attached hydrogens (tertiary/aromatic N) is 2. The molecule has 5 heterocycles. The van der Waals surface area contributed by atoms with Crippen molar-refractivity contribution in [3.05, 3.63) is 199 Å². The molecule has 3 fully saturated rings. The molecule has 13 rings (SSSR count). The maximum Gasteiger partial charge on any atom is 1.00 e. The van der Waals surface area contributed by atoms with Crippen LogP contribution in [-0.2, 0) is 32.7 Å². The minimum absolute atomic E-state index is 0. The topological polar surface area (TPSA) is 105 Å². The molecule has 0 spiro atoms. The van der Waals surface area contributed by atoms with Gasteiger partial charge in [0.1, 0.15) is 0 Å². The van der Waals surface area contributed by atoms with Gasteiger partial charge in [0.25, 0.3) is 0 Å². The van der Waals surface area contributed by atoms with E-state index >= 15 is 0 Å². The number of aromatic nitrogens is 2. The Morgan fingerprint density at radius 3 is 0.880 bits per heavy atom. The monoisotopic (exact) mass is 1190 g/mol. The summed E-state index contributed by atoms with van der Waals surface area (Å²) in [6.07, 6.45) is 0. The number of carboxylic acids is 1. The van der Waals surface area contributed by atoms with E-state index in [1.54, 1.807) is 0 Å². The zero-order valence-electron chi connectivity index (χ0n) is 50.2. The fraction of sp³-hybridized carbons (Fsp3) is 0.279. The van der Waals surface area contributed by atoms with Crippen LogP contribution in [0, 0.1) is 0 Å². The van der Waals surface area contributed by atoms with Crippen LogP contribution in [0.1, 0.15) is 90.0 Å². The van der Waals surface area contributed by atoms with Crippen LogP contribution in [0.25, 0.3) is 77.2 Å². The molecule has 3 saturated heterocycles. The van der Waals surface area contributed by atoms with Crippen molar-refractivity contribution < 1.29 is 89.2 Å². The number of carboxylic acid groups (broad SMARTS) is 1. The van der Waals surface area contributed by atoms with Crippen LogP contribution < -0.4 is 62.0 Å². The maximum atomic E-state index is 8.89. The van der Waals surface area contributed by atoms with Gasteiger partial charge in [-0.2, -0.15) is 0 Å². The minimum atomic E-state index is -1.08. The molecule has 0 amide bonds. The Labute approximate surface area is 541 Å². The number of carbonyl (C=O) groups is 1. The van der Waals surface area contributed by atoms with E-state index in [9.17, 15) is 0 Å². The summed E-state index contributed by atoms with van der Waals surface area (Å²) in [5.74, 6) is -1.08. The molecule has 418 valence electrons. The van der Waals surface area contributed by atoms with Gasteiger partial charge in [-0.15, -0.1) is 0 Å². The van der Waals surface area contributed by atoms with Crippen LogP contribution in [0.3, 0.4) is 0 Å². The Hall–Kier alpha value is -5.10. The number of benzene rings is 8. The summed E-state index contributed by atoms with van der Waals surface area (Å²) >= 11 is 3.50. The molecule has 0 N–H and O–H groups in total. The quantitative estimate of drug-likeness (QED) is 0.152. The molecule has 3 aliphatic rings. The number of halogens is 1. The fourth-order valence-corrected chi connectivity index (χ4v) is 10.7. The van der Waals surface area contributed by atoms with Crippen LogP contribution >= 0.6 is 15.9 Å². The number of hydrogen-bond donors (Lipinski definition) is 0. The van der Waals surface area contributed by atoms with Crippen LogP contribution in [0.4, 0.5) is 0 Å². The summed E-state index contributed by atoms with van der Waals surface area (Å²) in [6, 6.07) is 69.0. The minimum Gasteiger partial charge on any atom is -0.550 e. The first-order valence-electron chi connectivity index (χ1n) is 28.0. The van der Waals surface area contributed by atoms with E-state index in [1.807, 2.05) is 55.4 Å². The number of carbonyl (C=O) groups excluding carboxylic acids is 1. The molecule has 0 bridgehead atoms. The normalized spacial score (nSPS) is 17.7. The summed E-state index contributed by atoms with van der Waals surface area (Å²) in [5, 5.41) is 14.0. The van der Waals surface area contributed by atoms with Gasteiger partial charge in [0.05, 0.1) is 55.7 Å². The standard InChI is InChI=1S/C30H28BNO2.C24H16BrN.C12H24B2O4.C2H4O2.K/c1-29(2)30(3,4)34-31(33-29)23-17-13-21(14-18-23)22-15-19-24(20-16-22)32-27-11-7-5-9-25(27)26-10-6-8-12-28(26)32;25-19-13-9-17(10-14-19)18-11-15-20(16-12-18)26-23-7-3-1-5-21(23)22-6-2-4-8-24(22)26;1-9(2)10(3,4)16-13(15-9)14-17-11(5,6)12(7,8)18-14;1-2(3)4;/h5-20H,1-4H3;1-16H;1-8H3;1H3,(H,3,4);/q;;;;+1/p-1. The number of rotatable bonds is 6. The van der Waals surface area contributed by atoms with Crippen molar-refractivity contribution in [3.63, 3.8) is 0 Å². The molecular weight excluding hydrogens is 1120 g/mol. The summed E-state index contributed by atoms with van der Waals surface area (Å²) in [7, 11) is -1.29. The zero-order chi connectivity index (χ0) is 58.6. The molecule has 2 aromatic heterocycles. The molecule has 8 aromatic carbocycles. The smallest absolute Gasteiger partial charge is 0.550 e. The molecule has 0 atom stereocenters. The van der Waals surface area contributed by atoms with Gasteiger partial charge in [0.15, 0.2) is 0 Å². The largest absolute Gasteiger partial charge is 1.00 e. The van der Waals surface area contributed by atoms with Crippen LogP contribution in [0.2, 0.25) is 0 Å². The van der Waals surface area contributed by atoms with Crippen molar-refractivity contribution in [3.8, 4) is 33.6 Å². The summed E-state index contributed by atoms with van der Waals surface area (Å²) in [4.78, 5) is 8.89. The van der Waals surface area contributed by atoms with E-state index in [0.717, 1.165) is 22.5 Å². The fourth-order valence-electron chi connectivity index (χ4n) is 10.5. The van der Waals surface area contributed by atoms with Crippen LogP contribution in [0.5, 0.6) is 0 Å². The first kappa shape index (κ1) is 62.4. The van der Waals surface area contributed by atoms with Gasteiger partial charge in [-0.05, 0) is 178 Å². The molecule has 0 unspecified atom stereocenters. The zero-order valence-corrected chi connectivity index (χ0v) is 55.0. The SMILES string of the molecule is Brc1ccc(-c2ccc(-n3c4ccccc4c4ccccc43)cc2)cc1.CC(=O)[O-].CC1(C)OB(B2OC(C)(C)C(C)(C)O2)OC1(C)C.CC1(C)OB(c2ccc(-c3ccc(-n4c5ccccc5c5ccccc54)cc3)cc2)OC1(C)C.[K+]. The van der Waals surface area contributed by atoms with Gasteiger partial charge in [0.2, 0.25) is 0 Å².